The Morgan fingerprint density at radius 2 is 1.76 bits per heavy atom. The maximum Gasteiger partial charge on any atom is 0.350 e. The van der Waals surface area contributed by atoms with E-state index in [1.807, 2.05) is 48.5 Å². The number of anilines is 1. The molecule has 150 valence electrons. The Hall–Kier alpha value is -2.64. The van der Waals surface area contributed by atoms with Gasteiger partial charge in [-0.05, 0) is 31.2 Å². The first-order chi connectivity index (χ1) is 14.2. The zero-order valence-electron chi connectivity index (χ0n) is 16.1. The van der Waals surface area contributed by atoms with Gasteiger partial charge in [0.1, 0.15) is 4.88 Å². The molecule has 2 aromatic carbocycles. The van der Waals surface area contributed by atoms with Crippen molar-refractivity contribution in [2.24, 2.45) is 0 Å². The van der Waals surface area contributed by atoms with Gasteiger partial charge in [0, 0.05) is 16.9 Å². The highest BCUT2D eigenvalue weighted by molar-refractivity contribution is 7.99. The first-order valence-corrected chi connectivity index (χ1v) is 11.2. The number of nitrogens with zero attached hydrogens (tertiary/aromatic N) is 1. The van der Waals surface area contributed by atoms with Crippen molar-refractivity contribution in [2.75, 3.05) is 17.7 Å². The molecule has 7 heteroatoms. The van der Waals surface area contributed by atoms with Gasteiger partial charge in [-0.25, -0.2) is 9.78 Å². The van der Waals surface area contributed by atoms with Gasteiger partial charge in [0.2, 0.25) is 5.91 Å². The van der Waals surface area contributed by atoms with Crippen LogP contribution < -0.4 is 5.32 Å². The van der Waals surface area contributed by atoms with E-state index in [9.17, 15) is 9.59 Å². The molecule has 5 nitrogen and oxygen atoms in total. The van der Waals surface area contributed by atoms with Crippen LogP contribution in [0.1, 0.15) is 29.4 Å². The molecular weight excluding hydrogens is 404 g/mol. The summed E-state index contributed by atoms with van der Waals surface area (Å²) in [5, 5.41) is 3.23. The predicted octanol–water partition coefficient (Wildman–Crippen LogP) is 5.50. The molecule has 0 spiro atoms. The average molecular weight is 427 g/mol. The number of rotatable bonds is 9. The van der Waals surface area contributed by atoms with Gasteiger partial charge in [-0.2, -0.15) is 0 Å². The standard InChI is InChI=1S/C22H22N2O3S2/c1-2-27-21(26)20-19(16-10-5-3-6-11-16)24-22(29-20)23-18(25)14-9-15-28-17-12-7-4-8-13-17/h3-8,10-13H,2,9,14-15H2,1H3,(H,23,24,25). The quantitative estimate of drug-likeness (QED) is 0.278. The van der Waals surface area contributed by atoms with E-state index in [0.717, 1.165) is 29.1 Å². The summed E-state index contributed by atoms with van der Waals surface area (Å²) in [5.74, 6) is 0.324. The molecule has 0 saturated carbocycles. The Morgan fingerprint density at radius 1 is 1.07 bits per heavy atom. The van der Waals surface area contributed by atoms with Gasteiger partial charge in [0.05, 0.1) is 12.3 Å². The van der Waals surface area contributed by atoms with Gasteiger partial charge in [-0.15, -0.1) is 11.8 Å². The zero-order valence-corrected chi connectivity index (χ0v) is 17.7. The van der Waals surface area contributed by atoms with Crippen molar-refractivity contribution < 1.29 is 14.3 Å². The summed E-state index contributed by atoms with van der Waals surface area (Å²) in [6.07, 6.45) is 1.15. The number of hydrogen-bond donors (Lipinski definition) is 1. The van der Waals surface area contributed by atoms with E-state index in [-0.39, 0.29) is 12.5 Å². The molecule has 0 radical (unpaired) electrons. The van der Waals surface area contributed by atoms with Gasteiger partial charge >= 0.3 is 5.97 Å². The van der Waals surface area contributed by atoms with Crippen LogP contribution in [0.5, 0.6) is 0 Å². The molecule has 1 heterocycles. The third kappa shape index (κ3) is 6.17. The minimum absolute atomic E-state index is 0.109. The summed E-state index contributed by atoms with van der Waals surface area (Å²) < 4.78 is 5.15. The molecule has 29 heavy (non-hydrogen) atoms. The normalized spacial score (nSPS) is 10.5. The van der Waals surface area contributed by atoms with Crippen LogP contribution in [0.3, 0.4) is 0 Å². The lowest BCUT2D eigenvalue weighted by Gasteiger charge is -2.02. The molecule has 1 N–H and O–H groups in total. The largest absolute Gasteiger partial charge is 0.462 e. The zero-order chi connectivity index (χ0) is 20.5. The number of hydrogen-bond acceptors (Lipinski definition) is 6. The first-order valence-electron chi connectivity index (χ1n) is 9.38. The molecule has 0 unspecified atom stereocenters. The average Bonchev–Trinajstić information content (AvgIpc) is 3.17. The summed E-state index contributed by atoms with van der Waals surface area (Å²) in [6, 6.07) is 19.5. The van der Waals surface area contributed by atoms with Crippen LogP contribution in [0.25, 0.3) is 11.3 Å². The number of carbonyl (C=O) groups excluding carboxylic acids is 2. The summed E-state index contributed by atoms with van der Waals surface area (Å²) in [5.41, 5.74) is 1.34. The Morgan fingerprint density at radius 3 is 2.45 bits per heavy atom. The highest BCUT2D eigenvalue weighted by Crippen LogP contribution is 2.32. The topological polar surface area (TPSA) is 68.3 Å². The van der Waals surface area contributed by atoms with Gasteiger partial charge in [0.15, 0.2) is 5.13 Å². The van der Waals surface area contributed by atoms with E-state index >= 15 is 0 Å². The van der Waals surface area contributed by atoms with Crippen molar-refractivity contribution >= 4 is 40.1 Å². The van der Waals surface area contributed by atoms with Crippen LogP contribution in [0, 0.1) is 0 Å². The minimum atomic E-state index is -0.427. The van der Waals surface area contributed by atoms with Crippen molar-refractivity contribution in [3.63, 3.8) is 0 Å². The first kappa shape index (κ1) is 21.1. The fourth-order valence-electron chi connectivity index (χ4n) is 2.62. The molecule has 3 rings (SSSR count). The van der Waals surface area contributed by atoms with Crippen LogP contribution in [-0.2, 0) is 9.53 Å². The van der Waals surface area contributed by atoms with Gasteiger partial charge in [-0.3, -0.25) is 4.79 Å². The molecule has 1 aromatic heterocycles. The third-order valence-corrected chi connectivity index (χ3v) is 5.99. The fraction of sp³-hybridized carbons (Fsp3) is 0.227. The Bertz CT molecular complexity index is 943. The Kier molecular flexibility index (Phi) is 7.84. The molecular formula is C22H22N2O3S2. The van der Waals surface area contributed by atoms with Gasteiger partial charge in [-0.1, -0.05) is 59.9 Å². The van der Waals surface area contributed by atoms with Crippen molar-refractivity contribution in [3.05, 3.63) is 65.5 Å². The summed E-state index contributed by atoms with van der Waals surface area (Å²) >= 11 is 2.87. The molecule has 0 aliphatic heterocycles. The molecule has 0 atom stereocenters. The summed E-state index contributed by atoms with van der Waals surface area (Å²) in [4.78, 5) is 30.7. The van der Waals surface area contributed by atoms with E-state index in [1.165, 1.54) is 4.90 Å². The van der Waals surface area contributed by atoms with E-state index in [4.69, 9.17) is 4.74 Å². The van der Waals surface area contributed by atoms with Crippen molar-refractivity contribution in [1.29, 1.82) is 0 Å². The van der Waals surface area contributed by atoms with Crippen molar-refractivity contribution in [3.8, 4) is 11.3 Å². The molecule has 0 aliphatic rings. The van der Waals surface area contributed by atoms with E-state index < -0.39 is 5.97 Å². The van der Waals surface area contributed by atoms with E-state index in [1.54, 1.807) is 18.7 Å². The minimum Gasteiger partial charge on any atom is -0.462 e. The van der Waals surface area contributed by atoms with Crippen LogP contribution in [0.15, 0.2) is 65.6 Å². The highest BCUT2D eigenvalue weighted by atomic mass is 32.2. The number of thioether (sulfide) groups is 1. The lowest BCUT2D eigenvalue weighted by Crippen LogP contribution is -2.11. The number of benzene rings is 2. The van der Waals surface area contributed by atoms with E-state index in [0.29, 0.717) is 22.1 Å². The molecule has 3 aromatic rings. The molecule has 0 fully saturated rings. The maximum absolute atomic E-state index is 12.3. The van der Waals surface area contributed by atoms with Gasteiger partial charge < -0.3 is 10.1 Å². The van der Waals surface area contributed by atoms with Crippen LogP contribution in [0.2, 0.25) is 0 Å². The SMILES string of the molecule is CCOC(=O)c1sc(NC(=O)CCCSc2ccccc2)nc1-c1ccccc1. The molecule has 0 aliphatic carbocycles. The van der Waals surface area contributed by atoms with Crippen LogP contribution >= 0.6 is 23.1 Å². The Balaban J connectivity index is 1.61. The van der Waals surface area contributed by atoms with E-state index in [2.05, 4.69) is 22.4 Å². The number of thiazole rings is 1. The second kappa shape index (κ2) is 10.8. The molecule has 0 bridgehead atoms. The number of carbonyl (C=O) groups is 2. The number of esters is 1. The second-order valence-corrected chi connectivity index (χ2v) is 8.26. The number of aromatic nitrogens is 1. The van der Waals surface area contributed by atoms with Gasteiger partial charge in [0.25, 0.3) is 0 Å². The lowest BCUT2D eigenvalue weighted by atomic mass is 10.1. The predicted molar refractivity (Wildman–Crippen MR) is 119 cm³/mol. The monoisotopic (exact) mass is 426 g/mol. The summed E-state index contributed by atoms with van der Waals surface area (Å²) in [7, 11) is 0. The maximum atomic E-state index is 12.3. The Labute approximate surface area is 178 Å². The molecule has 1 amide bonds. The second-order valence-electron chi connectivity index (χ2n) is 6.10. The van der Waals surface area contributed by atoms with Crippen LogP contribution in [0.4, 0.5) is 5.13 Å². The number of amides is 1. The lowest BCUT2D eigenvalue weighted by molar-refractivity contribution is -0.116. The van der Waals surface area contributed by atoms with Crippen LogP contribution in [-0.4, -0.2) is 29.2 Å². The number of nitrogens with one attached hydrogen (secondary N) is 1. The number of ether oxygens (including phenoxy) is 1. The highest BCUT2D eigenvalue weighted by Gasteiger charge is 2.21. The third-order valence-electron chi connectivity index (χ3n) is 3.94. The summed E-state index contributed by atoms with van der Waals surface area (Å²) in [6.45, 7) is 2.04. The fourth-order valence-corrected chi connectivity index (χ4v) is 4.39. The smallest absolute Gasteiger partial charge is 0.350 e. The van der Waals surface area contributed by atoms with Crippen molar-refractivity contribution in [1.82, 2.24) is 4.98 Å². The molecule has 0 saturated heterocycles. The van der Waals surface area contributed by atoms with Crippen molar-refractivity contribution in [2.45, 2.75) is 24.7 Å².